The molecular weight excluding hydrogens is 308 g/mol. The zero-order valence-corrected chi connectivity index (χ0v) is 14.0. The van der Waals surface area contributed by atoms with Crippen LogP contribution in [-0.2, 0) is 14.3 Å². The molecule has 6 heteroatoms. The molecule has 1 aromatic heterocycles. The summed E-state index contributed by atoms with van der Waals surface area (Å²) >= 11 is 0. The van der Waals surface area contributed by atoms with Gasteiger partial charge in [-0.3, -0.25) is 0 Å². The molecule has 0 saturated heterocycles. The molecule has 2 aromatic rings. The second-order valence-electron chi connectivity index (χ2n) is 4.53. The maximum atomic E-state index is 10.3. The first-order chi connectivity index (χ1) is 11.6. The van der Waals surface area contributed by atoms with E-state index in [-0.39, 0.29) is 0 Å². The Balaban J connectivity index is 0.000000277. The van der Waals surface area contributed by atoms with Crippen molar-refractivity contribution in [2.75, 3.05) is 20.3 Å². The van der Waals surface area contributed by atoms with Crippen LogP contribution in [0.25, 0.3) is 11.4 Å². The van der Waals surface area contributed by atoms with E-state index >= 15 is 0 Å². The van der Waals surface area contributed by atoms with Crippen LogP contribution in [0.4, 0.5) is 0 Å². The van der Waals surface area contributed by atoms with Gasteiger partial charge in [-0.1, -0.05) is 47.5 Å². The lowest BCUT2D eigenvalue weighted by Gasteiger charge is -1.98. The molecule has 24 heavy (non-hydrogen) atoms. The second kappa shape index (κ2) is 10.8. The highest BCUT2D eigenvalue weighted by Crippen LogP contribution is 2.15. The molecule has 0 aliphatic heterocycles. The maximum absolute atomic E-state index is 10.3. The van der Waals surface area contributed by atoms with Crippen molar-refractivity contribution in [1.82, 2.24) is 10.1 Å². The summed E-state index contributed by atoms with van der Waals surface area (Å²) in [7, 11) is 1.54. The van der Waals surface area contributed by atoms with Gasteiger partial charge in [-0.15, -0.1) is 0 Å². The Morgan fingerprint density at radius 2 is 2.04 bits per heavy atom. The number of rotatable bonds is 5. The fourth-order valence-corrected chi connectivity index (χ4v) is 1.49. The first kappa shape index (κ1) is 19.1. The fraction of sp³-hybridized carbons (Fsp3) is 0.278. The Morgan fingerprint density at radius 3 is 2.62 bits per heavy atom. The lowest BCUT2D eigenvalue weighted by Crippen LogP contribution is -2.06. The summed E-state index contributed by atoms with van der Waals surface area (Å²) < 4.78 is 14.1. The molecule has 0 spiro atoms. The molecule has 0 aliphatic carbocycles. The maximum Gasteiger partial charge on any atom is 0.330 e. The number of benzene rings is 1. The number of nitrogens with zero attached hydrogens (tertiary/aromatic N) is 2. The predicted octanol–water partition coefficient (Wildman–Crippen LogP) is 2.78. The minimum atomic E-state index is -0.410. The van der Waals surface area contributed by atoms with Gasteiger partial charge in [0, 0.05) is 18.7 Å². The average Bonchev–Trinajstić information content (AvgIpc) is 3.05. The van der Waals surface area contributed by atoms with Crippen molar-refractivity contribution in [2.24, 2.45) is 0 Å². The highest BCUT2D eigenvalue weighted by atomic mass is 16.6. The first-order valence-corrected chi connectivity index (χ1v) is 7.22. The van der Waals surface area contributed by atoms with E-state index in [0.717, 1.165) is 11.6 Å². The number of carbonyl (C=O) groups is 1. The minimum absolute atomic E-state index is 0.293. The van der Waals surface area contributed by atoms with Gasteiger partial charge in [-0.25, -0.2) is 4.79 Å². The molecule has 6 nitrogen and oxygen atoms in total. The van der Waals surface area contributed by atoms with E-state index < -0.39 is 5.97 Å². The molecule has 0 aliphatic rings. The number of hydrogen-bond donors (Lipinski definition) is 0. The summed E-state index contributed by atoms with van der Waals surface area (Å²) in [6.07, 6.45) is 1.12. The minimum Gasteiger partial charge on any atom is -0.460 e. The summed E-state index contributed by atoms with van der Waals surface area (Å²) in [5.41, 5.74) is 2.14. The van der Waals surface area contributed by atoms with Crippen molar-refractivity contribution in [1.29, 1.82) is 0 Å². The fourth-order valence-electron chi connectivity index (χ4n) is 1.49. The molecule has 0 amide bonds. The van der Waals surface area contributed by atoms with E-state index in [1.165, 1.54) is 5.56 Å². The standard InChI is InChI=1S/C12H10N2O.C6H10O3/c1-3-4-11-13-12(14-15-11)10-7-5-9(2)6-8-10;1-3-6(7)9-5-4-8-2/h5-8H,1-2H3;3H,1,4-5H2,2H3. The Bertz CT molecular complexity index is 709. The molecule has 0 atom stereocenters. The predicted molar refractivity (Wildman–Crippen MR) is 90.1 cm³/mol. The van der Waals surface area contributed by atoms with Crippen molar-refractivity contribution in [2.45, 2.75) is 13.8 Å². The van der Waals surface area contributed by atoms with Crippen LogP contribution in [0.1, 0.15) is 18.4 Å². The van der Waals surface area contributed by atoms with Gasteiger partial charge in [0.05, 0.1) is 6.61 Å². The van der Waals surface area contributed by atoms with Gasteiger partial charge in [-0.2, -0.15) is 4.98 Å². The molecule has 0 unspecified atom stereocenters. The van der Waals surface area contributed by atoms with Crippen LogP contribution < -0.4 is 0 Å². The quantitative estimate of drug-likeness (QED) is 0.364. The lowest BCUT2D eigenvalue weighted by molar-refractivity contribution is -0.138. The number of carbonyl (C=O) groups excluding carboxylic acids is 1. The van der Waals surface area contributed by atoms with Crippen molar-refractivity contribution in [3.05, 3.63) is 48.4 Å². The van der Waals surface area contributed by atoms with Gasteiger partial charge in [0.15, 0.2) is 0 Å². The van der Waals surface area contributed by atoms with Crippen molar-refractivity contribution in [3.63, 3.8) is 0 Å². The van der Waals surface area contributed by atoms with Crippen molar-refractivity contribution < 1.29 is 18.8 Å². The van der Waals surface area contributed by atoms with E-state index in [4.69, 9.17) is 4.52 Å². The summed E-state index contributed by atoms with van der Waals surface area (Å²) in [4.78, 5) is 14.4. The molecule has 0 fully saturated rings. The monoisotopic (exact) mass is 328 g/mol. The molecule has 0 saturated carbocycles. The van der Waals surface area contributed by atoms with Crippen LogP contribution in [0.2, 0.25) is 0 Å². The Labute approximate surface area is 141 Å². The van der Waals surface area contributed by atoms with E-state index in [9.17, 15) is 4.79 Å². The van der Waals surface area contributed by atoms with Gasteiger partial charge in [0.1, 0.15) is 6.61 Å². The molecule has 0 bridgehead atoms. The first-order valence-electron chi connectivity index (χ1n) is 7.22. The van der Waals surface area contributed by atoms with Crippen LogP contribution >= 0.6 is 0 Å². The van der Waals surface area contributed by atoms with Crippen LogP contribution in [-0.4, -0.2) is 36.4 Å². The van der Waals surface area contributed by atoms with Crippen molar-refractivity contribution >= 4 is 5.97 Å². The zero-order valence-electron chi connectivity index (χ0n) is 14.0. The smallest absolute Gasteiger partial charge is 0.330 e. The van der Waals surface area contributed by atoms with E-state index in [0.29, 0.717) is 24.9 Å². The van der Waals surface area contributed by atoms with Gasteiger partial charge >= 0.3 is 11.9 Å². The topological polar surface area (TPSA) is 74.5 Å². The third kappa shape index (κ3) is 6.90. The number of aryl methyl sites for hydroxylation is 1. The SMILES string of the molecule is C=CC(=O)OCCOC.CC#Cc1nc(-c2ccc(C)cc2)no1. The zero-order chi connectivity index (χ0) is 17.8. The highest BCUT2D eigenvalue weighted by molar-refractivity contribution is 5.81. The molecule has 0 N–H and O–H groups in total. The second-order valence-corrected chi connectivity index (χ2v) is 4.53. The summed E-state index contributed by atoms with van der Waals surface area (Å²) in [5.74, 6) is 5.95. The van der Waals surface area contributed by atoms with Crippen LogP contribution in [0.15, 0.2) is 41.4 Å². The van der Waals surface area contributed by atoms with E-state index in [1.54, 1.807) is 14.0 Å². The number of aromatic nitrogens is 2. The van der Waals surface area contributed by atoms with E-state index in [1.807, 2.05) is 31.2 Å². The molecular formula is C18H20N2O4. The number of hydrogen-bond acceptors (Lipinski definition) is 6. The highest BCUT2D eigenvalue weighted by Gasteiger charge is 2.05. The molecule has 2 rings (SSSR count). The summed E-state index contributed by atoms with van der Waals surface area (Å²) in [5, 5.41) is 3.85. The van der Waals surface area contributed by atoms with E-state index in [2.05, 4.69) is 38.0 Å². The van der Waals surface area contributed by atoms with Crippen molar-refractivity contribution in [3.8, 4) is 23.2 Å². The average molecular weight is 328 g/mol. The summed E-state index contributed by atoms with van der Waals surface area (Å²) in [6.45, 7) is 7.71. The lowest BCUT2D eigenvalue weighted by atomic mass is 10.1. The molecule has 1 aromatic carbocycles. The van der Waals surface area contributed by atoms with Gasteiger partial charge < -0.3 is 14.0 Å². The van der Waals surface area contributed by atoms with Crippen LogP contribution in [0.3, 0.4) is 0 Å². The van der Waals surface area contributed by atoms with Crippen LogP contribution in [0.5, 0.6) is 0 Å². The Kier molecular flexibility index (Phi) is 8.58. The summed E-state index contributed by atoms with van der Waals surface area (Å²) in [6, 6.07) is 7.94. The largest absolute Gasteiger partial charge is 0.460 e. The van der Waals surface area contributed by atoms with Crippen LogP contribution in [0, 0.1) is 18.8 Å². The number of esters is 1. The third-order valence-corrected chi connectivity index (χ3v) is 2.67. The molecule has 0 radical (unpaired) electrons. The molecule has 126 valence electrons. The van der Waals surface area contributed by atoms with Gasteiger partial charge in [-0.05, 0) is 19.8 Å². The Hall–Kier alpha value is -2.91. The van der Waals surface area contributed by atoms with Gasteiger partial charge in [0.25, 0.3) is 0 Å². The normalized spacial score (nSPS) is 9.12. The third-order valence-electron chi connectivity index (χ3n) is 2.67. The number of ether oxygens (including phenoxy) is 2. The number of methoxy groups -OCH3 is 1. The molecule has 1 heterocycles. The Morgan fingerprint density at radius 1 is 1.33 bits per heavy atom. The van der Waals surface area contributed by atoms with Gasteiger partial charge in [0.2, 0.25) is 5.82 Å².